The molecule has 2 N–H and O–H groups in total. The van der Waals surface area contributed by atoms with Crippen LogP contribution in [0.4, 0.5) is 5.13 Å². The van der Waals surface area contributed by atoms with Crippen LogP contribution in [0.3, 0.4) is 0 Å². The zero-order chi connectivity index (χ0) is 21.8. The summed E-state index contributed by atoms with van der Waals surface area (Å²) < 4.78 is 1.92. The third-order valence-electron chi connectivity index (χ3n) is 5.05. The third kappa shape index (κ3) is 4.51. The van der Waals surface area contributed by atoms with Gasteiger partial charge in [-0.1, -0.05) is 54.7 Å². The van der Waals surface area contributed by atoms with Crippen LogP contribution in [0, 0.1) is 0 Å². The van der Waals surface area contributed by atoms with Crippen LogP contribution >= 0.6 is 11.3 Å². The van der Waals surface area contributed by atoms with Crippen molar-refractivity contribution in [2.24, 2.45) is 0 Å². The lowest BCUT2D eigenvalue weighted by Gasteiger charge is -2.09. The van der Waals surface area contributed by atoms with E-state index in [1.807, 2.05) is 47.1 Å². The molecule has 0 spiro atoms. The van der Waals surface area contributed by atoms with Gasteiger partial charge in [-0.05, 0) is 25.0 Å². The van der Waals surface area contributed by atoms with Crippen LogP contribution in [0.2, 0.25) is 0 Å². The Bertz CT molecular complexity index is 1210. The number of carbonyl (C=O) groups excluding carboxylic acids is 1. The molecule has 3 aromatic heterocycles. The van der Waals surface area contributed by atoms with Gasteiger partial charge in [0.25, 0.3) is 5.91 Å². The van der Waals surface area contributed by atoms with Crippen LogP contribution in [0.15, 0.2) is 67.6 Å². The van der Waals surface area contributed by atoms with E-state index in [9.17, 15) is 4.79 Å². The highest BCUT2D eigenvalue weighted by atomic mass is 32.1. The molecule has 0 saturated heterocycles. The number of amides is 1. The fourth-order valence-electron chi connectivity index (χ4n) is 3.22. The Morgan fingerprint density at radius 3 is 2.81 bits per heavy atom. The number of imidazole rings is 1. The van der Waals surface area contributed by atoms with E-state index in [1.165, 1.54) is 0 Å². The molecule has 0 radical (unpaired) electrons. The molecule has 0 aliphatic carbocycles. The standard InChI is InChI=1S/C24H25N5OS/c1-4-11-25-23(30)20-15-29-14-18(21-13-26-24(31-21)27-16(3)5-2)12-19(22(29)28-20)17-9-7-6-8-10-17/h4,6-10,12-16H,1,5,11H2,2-3H3,(H,25,30)(H,26,27)/t16-/m1/s1. The number of nitrogens with one attached hydrogen (secondary N) is 2. The topological polar surface area (TPSA) is 71.3 Å². The molecular weight excluding hydrogens is 406 g/mol. The lowest BCUT2D eigenvalue weighted by Crippen LogP contribution is -2.23. The predicted octanol–water partition coefficient (Wildman–Crippen LogP) is 5.25. The highest BCUT2D eigenvalue weighted by Crippen LogP contribution is 2.34. The highest BCUT2D eigenvalue weighted by molar-refractivity contribution is 7.18. The number of nitrogens with zero attached hydrogens (tertiary/aromatic N) is 3. The molecule has 1 atom stereocenters. The van der Waals surface area contributed by atoms with Gasteiger partial charge < -0.3 is 15.0 Å². The normalized spacial score (nSPS) is 11.9. The Morgan fingerprint density at radius 1 is 1.26 bits per heavy atom. The first-order valence-corrected chi connectivity index (χ1v) is 11.1. The fourth-order valence-corrected chi connectivity index (χ4v) is 4.12. The molecule has 4 rings (SSSR count). The van der Waals surface area contributed by atoms with E-state index >= 15 is 0 Å². The summed E-state index contributed by atoms with van der Waals surface area (Å²) in [5.74, 6) is -0.220. The summed E-state index contributed by atoms with van der Waals surface area (Å²) in [5, 5.41) is 7.13. The zero-order valence-corrected chi connectivity index (χ0v) is 18.4. The summed E-state index contributed by atoms with van der Waals surface area (Å²) in [4.78, 5) is 22.7. The molecule has 31 heavy (non-hydrogen) atoms. The second kappa shape index (κ2) is 9.14. The molecule has 0 unspecified atom stereocenters. The molecule has 6 nitrogen and oxygen atoms in total. The number of fused-ring (bicyclic) bond motifs is 1. The minimum atomic E-state index is -0.220. The monoisotopic (exact) mass is 431 g/mol. The Morgan fingerprint density at radius 2 is 2.06 bits per heavy atom. The number of pyridine rings is 1. The summed E-state index contributed by atoms with van der Waals surface area (Å²) in [5.41, 5.74) is 4.14. The molecule has 1 aromatic carbocycles. The first-order valence-electron chi connectivity index (χ1n) is 10.3. The highest BCUT2D eigenvalue weighted by Gasteiger charge is 2.16. The van der Waals surface area contributed by atoms with Crippen LogP contribution in [-0.4, -0.2) is 32.9 Å². The SMILES string of the molecule is C=CCNC(=O)c1cn2cc(-c3cnc(N[C@H](C)CC)s3)cc(-c3ccccc3)c2n1. The Balaban J connectivity index is 1.80. The van der Waals surface area contributed by atoms with Gasteiger partial charge in [0.05, 0.1) is 4.88 Å². The fraction of sp³-hybridized carbons (Fsp3) is 0.208. The molecule has 3 heterocycles. The van der Waals surface area contributed by atoms with Crippen molar-refractivity contribution in [1.82, 2.24) is 19.7 Å². The first-order chi connectivity index (χ1) is 15.1. The molecule has 0 fully saturated rings. The van der Waals surface area contributed by atoms with Crippen LogP contribution in [0.1, 0.15) is 30.8 Å². The quantitative estimate of drug-likeness (QED) is 0.374. The average molecular weight is 432 g/mol. The molecule has 158 valence electrons. The van der Waals surface area contributed by atoms with Crippen molar-refractivity contribution in [2.45, 2.75) is 26.3 Å². The predicted molar refractivity (Wildman–Crippen MR) is 128 cm³/mol. The molecule has 0 bridgehead atoms. The van der Waals surface area contributed by atoms with Gasteiger partial charge in [0.2, 0.25) is 0 Å². The summed E-state index contributed by atoms with van der Waals surface area (Å²) >= 11 is 1.62. The van der Waals surface area contributed by atoms with Crippen molar-refractivity contribution >= 4 is 28.0 Å². The number of rotatable bonds is 8. The van der Waals surface area contributed by atoms with Crippen molar-refractivity contribution in [2.75, 3.05) is 11.9 Å². The largest absolute Gasteiger partial charge is 0.359 e. The number of thiazole rings is 1. The van der Waals surface area contributed by atoms with Crippen LogP contribution in [0.5, 0.6) is 0 Å². The van der Waals surface area contributed by atoms with E-state index in [4.69, 9.17) is 0 Å². The van der Waals surface area contributed by atoms with Crippen molar-refractivity contribution in [3.63, 3.8) is 0 Å². The van der Waals surface area contributed by atoms with Crippen molar-refractivity contribution in [1.29, 1.82) is 0 Å². The van der Waals surface area contributed by atoms with E-state index in [-0.39, 0.29) is 5.91 Å². The van der Waals surface area contributed by atoms with E-state index in [1.54, 1.807) is 23.6 Å². The van der Waals surface area contributed by atoms with Gasteiger partial charge >= 0.3 is 0 Å². The molecule has 7 heteroatoms. The van der Waals surface area contributed by atoms with E-state index in [0.29, 0.717) is 18.3 Å². The Hall–Kier alpha value is -3.45. The number of anilines is 1. The van der Waals surface area contributed by atoms with Gasteiger partial charge in [-0.25, -0.2) is 9.97 Å². The van der Waals surface area contributed by atoms with E-state index < -0.39 is 0 Å². The maximum absolute atomic E-state index is 12.5. The maximum atomic E-state index is 12.5. The first kappa shape index (κ1) is 20.8. The minimum absolute atomic E-state index is 0.220. The number of hydrogen-bond donors (Lipinski definition) is 2. The molecule has 0 saturated carbocycles. The number of carbonyl (C=O) groups is 1. The summed E-state index contributed by atoms with van der Waals surface area (Å²) in [6, 6.07) is 12.6. The number of benzene rings is 1. The van der Waals surface area contributed by atoms with Crippen LogP contribution in [-0.2, 0) is 0 Å². The van der Waals surface area contributed by atoms with Gasteiger partial charge in [-0.15, -0.1) is 6.58 Å². The lowest BCUT2D eigenvalue weighted by molar-refractivity contribution is 0.0953. The Kier molecular flexibility index (Phi) is 6.13. The van der Waals surface area contributed by atoms with Gasteiger partial charge in [0, 0.05) is 42.3 Å². The summed E-state index contributed by atoms with van der Waals surface area (Å²) in [6.07, 6.45) is 8.34. The molecule has 0 aliphatic rings. The van der Waals surface area contributed by atoms with Crippen LogP contribution < -0.4 is 10.6 Å². The molecule has 1 amide bonds. The minimum Gasteiger partial charge on any atom is -0.359 e. The van der Waals surface area contributed by atoms with Crippen molar-refractivity contribution in [3.05, 3.63) is 73.3 Å². The van der Waals surface area contributed by atoms with Gasteiger partial charge in [0.15, 0.2) is 5.13 Å². The maximum Gasteiger partial charge on any atom is 0.271 e. The van der Waals surface area contributed by atoms with Crippen molar-refractivity contribution in [3.8, 4) is 21.6 Å². The zero-order valence-electron chi connectivity index (χ0n) is 17.6. The summed E-state index contributed by atoms with van der Waals surface area (Å²) in [7, 11) is 0. The third-order valence-corrected chi connectivity index (χ3v) is 6.03. The second-order valence-electron chi connectivity index (χ2n) is 7.35. The molecule has 0 aliphatic heterocycles. The number of aromatic nitrogens is 3. The van der Waals surface area contributed by atoms with E-state index in [2.05, 4.69) is 47.1 Å². The van der Waals surface area contributed by atoms with Gasteiger partial charge in [-0.3, -0.25) is 4.79 Å². The molecule has 4 aromatic rings. The second-order valence-corrected chi connectivity index (χ2v) is 8.38. The summed E-state index contributed by atoms with van der Waals surface area (Å²) in [6.45, 7) is 8.33. The lowest BCUT2D eigenvalue weighted by atomic mass is 10.0. The van der Waals surface area contributed by atoms with Crippen LogP contribution in [0.25, 0.3) is 27.2 Å². The van der Waals surface area contributed by atoms with Crippen molar-refractivity contribution < 1.29 is 4.79 Å². The van der Waals surface area contributed by atoms with E-state index in [0.717, 1.165) is 38.8 Å². The van der Waals surface area contributed by atoms with Gasteiger partial charge in [-0.2, -0.15) is 0 Å². The smallest absolute Gasteiger partial charge is 0.271 e. The molecular formula is C24H25N5OS. The Labute approximate surface area is 185 Å². The average Bonchev–Trinajstić information content (AvgIpc) is 3.44. The number of hydrogen-bond acceptors (Lipinski definition) is 5. The van der Waals surface area contributed by atoms with Gasteiger partial charge in [0.1, 0.15) is 11.3 Å².